The van der Waals surface area contributed by atoms with Gasteiger partial charge in [0.05, 0.1) is 18.8 Å². The number of ether oxygens (including phenoxy) is 2. The van der Waals surface area contributed by atoms with E-state index in [0.717, 1.165) is 44.9 Å². The number of hydrogen-bond acceptors (Lipinski definition) is 4. The Balaban J connectivity index is 1.59. The first-order chi connectivity index (χ1) is 10.9. The molecular formula is C16H23F3N2O2. The number of nitrogens with zero attached hydrogens (tertiary/aromatic N) is 2. The molecule has 0 spiro atoms. The molecule has 1 saturated heterocycles. The van der Waals surface area contributed by atoms with Crippen LogP contribution in [-0.4, -0.2) is 69.4 Å². The Bertz CT molecular complexity index is 475. The monoisotopic (exact) mass is 332 g/mol. The van der Waals surface area contributed by atoms with Gasteiger partial charge < -0.3 is 14.4 Å². The number of alkyl halides is 3. The highest BCUT2D eigenvalue weighted by molar-refractivity contribution is 5.30. The third kappa shape index (κ3) is 6.37. The molecule has 1 aliphatic rings. The highest BCUT2D eigenvalue weighted by Gasteiger charge is 2.30. The molecular weight excluding hydrogens is 309 g/mol. The zero-order chi connectivity index (χ0) is 16.7. The topological polar surface area (TPSA) is 24.9 Å². The second-order valence-electron chi connectivity index (χ2n) is 5.63. The molecule has 0 N–H and O–H groups in total. The Hall–Kier alpha value is -1.31. The summed E-state index contributed by atoms with van der Waals surface area (Å²) in [6, 6.07) is 4.88. The van der Waals surface area contributed by atoms with Crippen LogP contribution in [0.1, 0.15) is 5.56 Å². The fourth-order valence-electron chi connectivity index (χ4n) is 2.35. The van der Waals surface area contributed by atoms with E-state index in [1.54, 1.807) is 0 Å². The van der Waals surface area contributed by atoms with Crippen molar-refractivity contribution < 1.29 is 22.6 Å². The van der Waals surface area contributed by atoms with Gasteiger partial charge in [0.1, 0.15) is 12.4 Å². The first-order valence-electron chi connectivity index (χ1n) is 7.74. The van der Waals surface area contributed by atoms with Crippen molar-refractivity contribution in [3.8, 4) is 5.75 Å². The summed E-state index contributed by atoms with van der Waals surface area (Å²) in [7, 11) is 2.11. The minimum absolute atomic E-state index is 0.211. The smallest absolute Gasteiger partial charge is 0.416 e. The summed E-state index contributed by atoms with van der Waals surface area (Å²) in [6.45, 7) is 6.31. The van der Waals surface area contributed by atoms with Crippen molar-refractivity contribution in [3.05, 3.63) is 29.8 Å². The van der Waals surface area contributed by atoms with Gasteiger partial charge in [-0.1, -0.05) is 6.07 Å². The largest absolute Gasteiger partial charge is 0.491 e. The molecule has 0 bridgehead atoms. The number of halogens is 3. The summed E-state index contributed by atoms with van der Waals surface area (Å²) in [5.74, 6) is 0.211. The summed E-state index contributed by atoms with van der Waals surface area (Å²) >= 11 is 0. The van der Waals surface area contributed by atoms with Crippen molar-refractivity contribution >= 4 is 0 Å². The van der Waals surface area contributed by atoms with Crippen molar-refractivity contribution in [1.82, 2.24) is 9.80 Å². The molecule has 0 aromatic heterocycles. The maximum Gasteiger partial charge on any atom is 0.416 e. The molecule has 0 radical (unpaired) electrons. The van der Waals surface area contributed by atoms with Crippen LogP contribution in [-0.2, 0) is 10.9 Å². The second kappa shape index (κ2) is 8.52. The number of benzene rings is 1. The van der Waals surface area contributed by atoms with E-state index in [-0.39, 0.29) is 12.4 Å². The highest BCUT2D eigenvalue weighted by Crippen LogP contribution is 2.31. The maximum atomic E-state index is 12.6. The van der Waals surface area contributed by atoms with Gasteiger partial charge in [0.2, 0.25) is 0 Å². The number of hydrogen-bond donors (Lipinski definition) is 0. The molecule has 1 aromatic rings. The van der Waals surface area contributed by atoms with E-state index >= 15 is 0 Å². The lowest BCUT2D eigenvalue weighted by Crippen LogP contribution is -2.45. The van der Waals surface area contributed by atoms with E-state index in [1.807, 2.05) is 0 Å². The lowest BCUT2D eigenvalue weighted by atomic mass is 10.2. The van der Waals surface area contributed by atoms with E-state index in [2.05, 4.69) is 16.8 Å². The summed E-state index contributed by atoms with van der Waals surface area (Å²) in [6.07, 6.45) is -4.35. The van der Waals surface area contributed by atoms with Crippen LogP contribution in [0.15, 0.2) is 24.3 Å². The predicted molar refractivity (Wildman–Crippen MR) is 81.7 cm³/mol. The molecule has 0 amide bonds. The Morgan fingerprint density at radius 2 is 1.78 bits per heavy atom. The molecule has 0 atom stereocenters. The minimum Gasteiger partial charge on any atom is -0.491 e. The normalized spacial score (nSPS) is 17.4. The Morgan fingerprint density at radius 1 is 1.04 bits per heavy atom. The van der Waals surface area contributed by atoms with Crippen molar-refractivity contribution in [1.29, 1.82) is 0 Å². The molecule has 1 aliphatic heterocycles. The van der Waals surface area contributed by atoms with Crippen LogP contribution < -0.4 is 4.74 Å². The Kier molecular flexibility index (Phi) is 6.68. The van der Waals surface area contributed by atoms with Crippen LogP contribution in [0.25, 0.3) is 0 Å². The molecule has 1 fully saturated rings. The molecule has 130 valence electrons. The molecule has 4 nitrogen and oxygen atoms in total. The average molecular weight is 332 g/mol. The van der Waals surface area contributed by atoms with E-state index < -0.39 is 11.7 Å². The number of likely N-dealkylation sites (N-methyl/N-ethyl adjacent to an activating group) is 1. The lowest BCUT2D eigenvalue weighted by Gasteiger charge is -2.32. The zero-order valence-corrected chi connectivity index (χ0v) is 13.3. The van der Waals surface area contributed by atoms with Gasteiger partial charge in [0.25, 0.3) is 0 Å². The quantitative estimate of drug-likeness (QED) is 0.716. The van der Waals surface area contributed by atoms with Crippen molar-refractivity contribution in [2.45, 2.75) is 6.18 Å². The second-order valence-corrected chi connectivity index (χ2v) is 5.63. The van der Waals surface area contributed by atoms with E-state index in [0.29, 0.717) is 13.2 Å². The van der Waals surface area contributed by atoms with Gasteiger partial charge in [-0.15, -0.1) is 0 Å². The van der Waals surface area contributed by atoms with Gasteiger partial charge in [-0.05, 0) is 25.2 Å². The zero-order valence-electron chi connectivity index (χ0n) is 13.3. The Labute approximate surface area is 134 Å². The summed E-state index contributed by atoms with van der Waals surface area (Å²) in [5, 5.41) is 0. The minimum atomic E-state index is -4.35. The molecule has 7 heteroatoms. The van der Waals surface area contributed by atoms with Crippen LogP contribution in [0.5, 0.6) is 5.75 Å². The summed E-state index contributed by atoms with van der Waals surface area (Å²) < 4.78 is 48.5. The number of piperazine rings is 1. The molecule has 1 heterocycles. The van der Waals surface area contributed by atoms with Crippen molar-refractivity contribution in [2.75, 3.05) is 59.6 Å². The predicted octanol–water partition coefficient (Wildman–Crippen LogP) is 2.35. The average Bonchev–Trinajstić information content (AvgIpc) is 2.52. The van der Waals surface area contributed by atoms with Gasteiger partial charge >= 0.3 is 6.18 Å². The maximum absolute atomic E-state index is 12.6. The molecule has 2 rings (SSSR count). The number of rotatable bonds is 7. The molecule has 0 aliphatic carbocycles. The van der Waals surface area contributed by atoms with Gasteiger partial charge in [-0.25, -0.2) is 0 Å². The standard InChI is InChI=1S/C16H23F3N2O2/c1-20-5-7-21(8-6-20)9-10-22-11-12-23-15-4-2-3-14(13-15)16(17,18)19/h2-4,13H,5-12H2,1H3. The molecule has 0 saturated carbocycles. The lowest BCUT2D eigenvalue weighted by molar-refractivity contribution is -0.137. The van der Waals surface area contributed by atoms with Gasteiger partial charge in [0, 0.05) is 32.7 Å². The van der Waals surface area contributed by atoms with Crippen molar-refractivity contribution in [2.24, 2.45) is 0 Å². The van der Waals surface area contributed by atoms with Crippen LogP contribution in [0.2, 0.25) is 0 Å². The summed E-state index contributed by atoms with van der Waals surface area (Å²) in [4.78, 5) is 4.63. The first kappa shape index (κ1) is 18.0. The fraction of sp³-hybridized carbons (Fsp3) is 0.625. The highest BCUT2D eigenvalue weighted by atomic mass is 19.4. The molecule has 1 aromatic carbocycles. The van der Waals surface area contributed by atoms with Crippen LogP contribution in [0.3, 0.4) is 0 Å². The van der Waals surface area contributed by atoms with Gasteiger partial charge in [0.15, 0.2) is 0 Å². The first-order valence-corrected chi connectivity index (χ1v) is 7.74. The van der Waals surface area contributed by atoms with Crippen LogP contribution in [0.4, 0.5) is 13.2 Å². The van der Waals surface area contributed by atoms with E-state index in [1.165, 1.54) is 12.1 Å². The molecule has 0 unspecified atom stereocenters. The fourth-order valence-corrected chi connectivity index (χ4v) is 2.35. The third-order valence-electron chi connectivity index (χ3n) is 3.81. The van der Waals surface area contributed by atoms with Gasteiger partial charge in [-0.2, -0.15) is 13.2 Å². The van der Waals surface area contributed by atoms with Gasteiger partial charge in [-0.3, -0.25) is 4.90 Å². The Morgan fingerprint density at radius 3 is 2.48 bits per heavy atom. The van der Waals surface area contributed by atoms with E-state index in [9.17, 15) is 13.2 Å². The SMILES string of the molecule is CN1CCN(CCOCCOc2cccc(C(F)(F)F)c2)CC1. The summed E-state index contributed by atoms with van der Waals surface area (Å²) in [5.41, 5.74) is -0.703. The third-order valence-corrected chi connectivity index (χ3v) is 3.81. The van der Waals surface area contributed by atoms with Crippen LogP contribution in [0, 0.1) is 0 Å². The molecule has 23 heavy (non-hydrogen) atoms. The van der Waals surface area contributed by atoms with Crippen molar-refractivity contribution in [3.63, 3.8) is 0 Å². The van der Waals surface area contributed by atoms with E-state index in [4.69, 9.17) is 9.47 Å². The van der Waals surface area contributed by atoms with Crippen LogP contribution >= 0.6 is 0 Å².